The van der Waals surface area contributed by atoms with E-state index >= 15 is 0 Å². The van der Waals surface area contributed by atoms with E-state index in [1.54, 1.807) is 4.52 Å². The summed E-state index contributed by atoms with van der Waals surface area (Å²) in [6.07, 6.45) is 0. The van der Waals surface area contributed by atoms with Gasteiger partial charge < -0.3 is 0 Å². The number of fused-ring (bicyclic) bond motifs is 1. The van der Waals surface area contributed by atoms with Crippen LogP contribution in [-0.2, 0) is 0 Å². The van der Waals surface area contributed by atoms with E-state index in [9.17, 15) is 0 Å². The van der Waals surface area contributed by atoms with E-state index in [1.807, 2.05) is 26.8 Å². The van der Waals surface area contributed by atoms with Gasteiger partial charge >= 0.3 is 0 Å². The van der Waals surface area contributed by atoms with E-state index in [0.29, 0.717) is 10.9 Å². The Bertz CT molecular complexity index is 568. The smallest absolute Gasteiger partial charge is 0.216 e. The maximum atomic E-state index is 8.72. The first-order valence-corrected chi connectivity index (χ1v) is 5.75. The zero-order chi connectivity index (χ0) is 11.7. The molecule has 0 aliphatic carbocycles. The molecule has 1 atom stereocenters. The summed E-state index contributed by atoms with van der Waals surface area (Å²) in [5.74, 6) is 0.588. The monoisotopic (exact) mass is 233 g/mol. The zero-order valence-corrected chi connectivity index (χ0v) is 10.1. The molecule has 0 aromatic carbocycles. The summed E-state index contributed by atoms with van der Waals surface area (Å²) in [5, 5.41) is 13.5. The number of aryl methyl sites for hydroxylation is 2. The predicted molar refractivity (Wildman–Crippen MR) is 61.2 cm³/mol. The van der Waals surface area contributed by atoms with Gasteiger partial charge in [0.05, 0.1) is 11.3 Å². The Balaban J connectivity index is 2.45. The highest BCUT2D eigenvalue weighted by Gasteiger charge is 2.11. The Hall–Kier alpha value is -1.61. The van der Waals surface area contributed by atoms with E-state index in [2.05, 4.69) is 21.1 Å². The van der Waals surface area contributed by atoms with Crippen molar-refractivity contribution in [2.75, 3.05) is 0 Å². The molecule has 0 aliphatic heterocycles. The van der Waals surface area contributed by atoms with Crippen LogP contribution >= 0.6 is 11.8 Å². The molecule has 2 aromatic rings. The number of hydrogen-bond acceptors (Lipinski definition) is 5. The van der Waals surface area contributed by atoms with Crippen LogP contribution in [0.5, 0.6) is 0 Å². The SMILES string of the molecule is Cc1cc(C)n2nc(S[C@H](C)C#N)nc2n1. The van der Waals surface area contributed by atoms with Crippen molar-refractivity contribution in [3.63, 3.8) is 0 Å². The summed E-state index contributed by atoms with van der Waals surface area (Å²) in [6, 6.07) is 4.09. The maximum Gasteiger partial charge on any atom is 0.253 e. The molecule has 0 saturated carbocycles. The summed E-state index contributed by atoms with van der Waals surface area (Å²) in [4.78, 5) is 8.56. The Morgan fingerprint density at radius 2 is 2.19 bits per heavy atom. The molecule has 6 heteroatoms. The van der Waals surface area contributed by atoms with E-state index in [0.717, 1.165) is 11.4 Å². The first-order chi connectivity index (χ1) is 7.60. The third-order valence-corrected chi connectivity index (χ3v) is 2.91. The molecule has 0 spiro atoms. The van der Waals surface area contributed by atoms with Crippen LogP contribution in [0.15, 0.2) is 11.2 Å². The van der Waals surface area contributed by atoms with Crippen molar-refractivity contribution in [3.05, 3.63) is 17.5 Å². The molecule has 2 heterocycles. The van der Waals surface area contributed by atoms with Gasteiger partial charge in [0.2, 0.25) is 5.16 Å². The quantitative estimate of drug-likeness (QED) is 0.739. The van der Waals surface area contributed by atoms with E-state index in [-0.39, 0.29) is 5.25 Å². The normalized spacial score (nSPS) is 12.6. The molecule has 0 bridgehead atoms. The van der Waals surface area contributed by atoms with Crippen LogP contribution in [0.4, 0.5) is 0 Å². The van der Waals surface area contributed by atoms with Crippen molar-refractivity contribution in [1.82, 2.24) is 19.6 Å². The molecule has 0 radical (unpaired) electrons. The second kappa shape index (κ2) is 4.10. The van der Waals surface area contributed by atoms with Gasteiger partial charge in [-0.1, -0.05) is 11.8 Å². The number of nitrogens with zero attached hydrogens (tertiary/aromatic N) is 5. The van der Waals surface area contributed by atoms with Crippen LogP contribution < -0.4 is 0 Å². The first kappa shape index (κ1) is 10.9. The van der Waals surface area contributed by atoms with Crippen molar-refractivity contribution in [3.8, 4) is 6.07 Å². The van der Waals surface area contributed by atoms with Crippen LogP contribution in [0.1, 0.15) is 18.3 Å². The molecule has 0 saturated heterocycles. The fourth-order valence-corrected chi connectivity index (χ4v) is 2.01. The molecule has 0 amide bonds. The van der Waals surface area contributed by atoms with Gasteiger partial charge in [0, 0.05) is 11.4 Å². The van der Waals surface area contributed by atoms with Crippen molar-refractivity contribution in [2.45, 2.75) is 31.2 Å². The third-order valence-electron chi connectivity index (χ3n) is 2.06. The highest BCUT2D eigenvalue weighted by Crippen LogP contribution is 2.19. The molecule has 0 aliphatic rings. The summed E-state index contributed by atoms with van der Waals surface area (Å²) in [6.45, 7) is 5.70. The van der Waals surface area contributed by atoms with Gasteiger partial charge in [0.15, 0.2) is 0 Å². The second-order valence-corrected chi connectivity index (χ2v) is 4.84. The van der Waals surface area contributed by atoms with Gasteiger partial charge in [-0.3, -0.25) is 0 Å². The van der Waals surface area contributed by atoms with Crippen molar-refractivity contribution < 1.29 is 0 Å². The van der Waals surface area contributed by atoms with E-state index in [4.69, 9.17) is 5.26 Å². The molecular weight excluding hydrogens is 222 g/mol. The highest BCUT2D eigenvalue weighted by molar-refractivity contribution is 8.00. The zero-order valence-electron chi connectivity index (χ0n) is 9.30. The molecule has 16 heavy (non-hydrogen) atoms. The Morgan fingerprint density at radius 1 is 1.44 bits per heavy atom. The lowest BCUT2D eigenvalue weighted by molar-refractivity contribution is 0.842. The van der Waals surface area contributed by atoms with Crippen molar-refractivity contribution in [2.24, 2.45) is 0 Å². The van der Waals surface area contributed by atoms with Gasteiger partial charge in [-0.15, -0.1) is 5.10 Å². The fourth-order valence-electron chi connectivity index (χ4n) is 1.38. The minimum absolute atomic E-state index is 0.154. The van der Waals surface area contributed by atoms with Crippen molar-refractivity contribution in [1.29, 1.82) is 5.26 Å². The van der Waals surface area contributed by atoms with Crippen LogP contribution in [0.3, 0.4) is 0 Å². The largest absolute Gasteiger partial charge is 0.253 e. The van der Waals surface area contributed by atoms with E-state index in [1.165, 1.54) is 11.8 Å². The highest BCUT2D eigenvalue weighted by atomic mass is 32.2. The number of aromatic nitrogens is 4. The van der Waals surface area contributed by atoms with E-state index < -0.39 is 0 Å². The Morgan fingerprint density at radius 3 is 2.88 bits per heavy atom. The molecule has 0 fully saturated rings. The topological polar surface area (TPSA) is 66.9 Å². The minimum Gasteiger partial charge on any atom is -0.216 e. The molecule has 5 nitrogen and oxygen atoms in total. The van der Waals surface area contributed by atoms with Gasteiger partial charge in [0.1, 0.15) is 0 Å². The number of nitriles is 1. The fraction of sp³-hybridized carbons (Fsp3) is 0.400. The van der Waals surface area contributed by atoms with Gasteiger partial charge in [-0.05, 0) is 26.8 Å². The summed E-state index contributed by atoms with van der Waals surface area (Å²) in [7, 11) is 0. The maximum absolute atomic E-state index is 8.72. The molecule has 82 valence electrons. The molecule has 0 unspecified atom stereocenters. The average Bonchev–Trinajstić information content (AvgIpc) is 2.60. The second-order valence-electron chi connectivity index (χ2n) is 3.53. The van der Waals surface area contributed by atoms with Crippen molar-refractivity contribution >= 4 is 17.5 Å². The predicted octanol–water partition coefficient (Wildman–Crippen LogP) is 1.75. The van der Waals surface area contributed by atoms with Gasteiger partial charge in [-0.25, -0.2) is 9.50 Å². The number of rotatable bonds is 2. The lowest BCUT2D eigenvalue weighted by Gasteiger charge is -1.97. The van der Waals surface area contributed by atoms with Crippen LogP contribution in [0.2, 0.25) is 0 Å². The number of hydrogen-bond donors (Lipinski definition) is 0. The Kier molecular flexibility index (Phi) is 2.79. The standard InChI is InChI=1S/C10H11N5S/c1-6-4-7(2)15-9(12-6)13-10(14-15)16-8(3)5-11/h4,8H,1-3H3/t8-/m1/s1. The van der Waals surface area contributed by atoms with Crippen LogP contribution in [0.25, 0.3) is 5.78 Å². The lowest BCUT2D eigenvalue weighted by atomic mass is 10.4. The first-order valence-electron chi connectivity index (χ1n) is 4.87. The van der Waals surface area contributed by atoms with Gasteiger partial charge in [-0.2, -0.15) is 10.2 Å². The molecule has 2 aromatic heterocycles. The Labute approximate surface area is 97.5 Å². The average molecular weight is 233 g/mol. The summed E-state index contributed by atoms with van der Waals surface area (Å²) >= 11 is 1.34. The minimum atomic E-state index is -0.154. The summed E-state index contributed by atoms with van der Waals surface area (Å²) < 4.78 is 1.69. The lowest BCUT2D eigenvalue weighted by Crippen LogP contribution is -1.97. The molecular formula is C10H11N5S. The van der Waals surface area contributed by atoms with Crippen LogP contribution in [0, 0.1) is 25.2 Å². The van der Waals surface area contributed by atoms with Crippen LogP contribution in [-0.4, -0.2) is 24.8 Å². The summed E-state index contributed by atoms with van der Waals surface area (Å²) in [5.41, 5.74) is 1.91. The number of thioether (sulfide) groups is 1. The third kappa shape index (κ3) is 1.99. The molecule has 2 rings (SSSR count). The van der Waals surface area contributed by atoms with Gasteiger partial charge in [0.25, 0.3) is 5.78 Å². The molecule has 0 N–H and O–H groups in total.